The first kappa shape index (κ1) is 40.9. The maximum Gasteiger partial charge on any atom is 0.243 e. The number of anilines is 3. The van der Waals surface area contributed by atoms with Crippen LogP contribution in [0.3, 0.4) is 0 Å². The van der Waals surface area contributed by atoms with Crippen LogP contribution < -0.4 is 21.3 Å². The molecular formula is C64H52BNO. The highest BCUT2D eigenvalue weighted by molar-refractivity contribution is 6.98. The van der Waals surface area contributed by atoms with Gasteiger partial charge in [-0.3, -0.25) is 0 Å². The first-order valence-electron chi connectivity index (χ1n) is 23.7. The Bertz CT molecular complexity index is 3870. The van der Waals surface area contributed by atoms with E-state index in [1.165, 1.54) is 104 Å². The molecule has 0 bridgehead atoms. The number of fused-ring (bicyclic) bond motifs is 6. The molecule has 0 N–H and O–H groups in total. The Morgan fingerprint density at radius 1 is 0.358 bits per heavy atom. The summed E-state index contributed by atoms with van der Waals surface area (Å²) in [4.78, 5) is 2.51. The lowest BCUT2D eigenvalue weighted by Crippen LogP contribution is -2.56. The Morgan fingerprint density at radius 3 is 1.58 bits per heavy atom. The lowest BCUT2D eigenvalue weighted by atomic mass is 9.33. The minimum absolute atomic E-state index is 0.0243. The fraction of sp³-hybridized carbons (Fsp3) is 0.125. The van der Waals surface area contributed by atoms with E-state index in [4.69, 9.17) is 4.42 Å². The summed E-state index contributed by atoms with van der Waals surface area (Å²) >= 11 is 0. The largest absolute Gasteiger partial charge is 0.454 e. The number of benzene rings is 11. The molecule has 0 aliphatic carbocycles. The molecule has 67 heavy (non-hydrogen) atoms. The van der Waals surface area contributed by atoms with Crippen molar-refractivity contribution in [1.29, 1.82) is 0 Å². The van der Waals surface area contributed by atoms with Crippen LogP contribution in [0.2, 0.25) is 0 Å². The van der Waals surface area contributed by atoms with Gasteiger partial charge in [-0.15, -0.1) is 0 Å². The SMILES string of the molecule is Cc1cc(C)c(B(c2c(C)cc(C)cc2C)c2cc(C)c3c4ccccc4c4c(N(c5ccccc5-c5ccccc5)c5cccc6c5oc5ccccc56)cc(C)c5ccc2c3c54)c(C)c1. The monoisotopic (exact) mass is 861 g/mol. The number of aryl methyl sites for hydroxylation is 8. The quantitative estimate of drug-likeness (QED) is 0.0902. The van der Waals surface area contributed by atoms with Gasteiger partial charge in [-0.1, -0.05) is 195 Å². The summed E-state index contributed by atoms with van der Waals surface area (Å²) in [5.74, 6) is 0. The van der Waals surface area contributed by atoms with Gasteiger partial charge in [0.25, 0.3) is 0 Å². The van der Waals surface area contributed by atoms with Crippen molar-refractivity contribution < 1.29 is 4.42 Å². The van der Waals surface area contributed by atoms with Gasteiger partial charge in [0.1, 0.15) is 5.58 Å². The molecule has 0 spiro atoms. The van der Waals surface area contributed by atoms with Crippen molar-refractivity contribution >= 4 is 105 Å². The van der Waals surface area contributed by atoms with Crippen LogP contribution in [0, 0.1) is 55.4 Å². The van der Waals surface area contributed by atoms with Crippen LogP contribution >= 0.6 is 0 Å². The predicted molar refractivity (Wildman–Crippen MR) is 290 cm³/mol. The van der Waals surface area contributed by atoms with Gasteiger partial charge in [-0.2, -0.15) is 0 Å². The van der Waals surface area contributed by atoms with Crippen molar-refractivity contribution in [2.45, 2.75) is 55.4 Å². The number of hydrogen-bond acceptors (Lipinski definition) is 2. The Labute approximate surface area is 393 Å². The molecular weight excluding hydrogens is 810 g/mol. The second-order valence-electron chi connectivity index (χ2n) is 19.2. The van der Waals surface area contributed by atoms with Gasteiger partial charge < -0.3 is 9.32 Å². The second-order valence-corrected chi connectivity index (χ2v) is 19.2. The van der Waals surface area contributed by atoms with E-state index in [-0.39, 0.29) is 6.71 Å². The highest BCUT2D eigenvalue weighted by Crippen LogP contribution is 2.52. The number of nitrogens with zero attached hydrogens (tertiary/aromatic N) is 1. The fourth-order valence-corrected chi connectivity index (χ4v) is 12.3. The molecule has 0 unspecified atom stereocenters. The van der Waals surface area contributed by atoms with Gasteiger partial charge in [0.15, 0.2) is 5.58 Å². The van der Waals surface area contributed by atoms with E-state index in [0.717, 1.165) is 50.1 Å². The van der Waals surface area contributed by atoms with Crippen LogP contribution in [-0.4, -0.2) is 6.71 Å². The summed E-state index contributed by atoms with van der Waals surface area (Å²) in [6.07, 6.45) is 0. The van der Waals surface area contributed by atoms with Crippen LogP contribution in [0.1, 0.15) is 44.5 Å². The molecule has 0 atom stereocenters. The van der Waals surface area contributed by atoms with Crippen LogP contribution in [0.4, 0.5) is 17.1 Å². The third-order valence-corrected chi connectivity index (χ3v) is 14.7. The third-order valence-electron chi connectivity index (χ3n) is 14.7. The molecule has 12 aromatic rings. The molecule has 3 heteroatoms. The molecule has 1 heterocycles. The van der Waals surface area contributed by atoms with Crippen molar-refractivity contribution in [3.63, 3.8) is 0 Å². The minimum Gasteiger partial charge on any atom is -0.454 e. The lowest BCUT2D eigenvalue weighted by Gasteiger charge is -2.31. The van der Waals surface area contributed by atoms with Gasteiger partial charge in [0.05, 0.1) is 17.1 Å². The van der Waals surface area contributed by atoms with E-state index in [1.807, 2.05) is 0 Å². The highest BCUT2D eigenvalue weighted by atomic mass is 16.3. The second kappa shape index (κ2) is 15.5. The van der Waals surface area contributed by atoms with E-state index < -0.39 is 0 Å². The van der Waals surface area contributed by atoms with Crippen molar-refractivity contribution in [3.8, 4) is 11.1 Å². The van der Waals surface area contributed by atoms with Gasteiger partial charge >= 0.3 is 0 Å². The number of hydrogen-bond donors (Lipinski definition) is 0. The summed E-state index contributed by atoms with van der Waals surface area (Å²) in [5.41, 5.74) is 21.9. The zero-order chi connectivity index (χ0) is 45.8. The molecule has 322 valence electrons. The van der Waals surface area contributed by atoms with Gasteiger partial charge in [-0.25, -0.2) is 0 Å². The molecule has 0 fully saturated rings. The summed E-state index contributed by atoms with van der Waals surface area (Å²) < 4.78 is 6.95. The smallest absolute Gasteiger partial charge is 0.243 e. The van der Waals surface area contributed by atoms with Crippen LogP contribution in [-0.2, 0) is 0 Å². The number of furan rings is 1. The van der Waals surface area contributed by atoms with E-state index in [9.17, 15) is 0 Å². The molecule has 0 saturated heterocycles. The highest BCUT2D eigenvalue weighted by Gasteiger charge is 2.33. The van der Waals surface area contributed by atoms with E-state index in [0.29, 0.717) is 0 Å². The summed E-state index contributed by atoms with van der Waals surface area (Å²) in [5, 5.41) is 12.5. The van der Waals surface area contributed by atoms with E-state index >= 15 is 0 Å². The van der Waals surface area contributed by atoms with Crippen LogP contribution in [0.15, 0.2) is 174 Å². The molecule has 2 nitrogen and oxygen atoms in total. The Balaban J connectivity index is 1.26. The Kier molecular flexibility index (Phi) is 9.45. The molecule has 0 saturated carbocycles. The van der Waals surface area contributed by atoms with Gasteiger partial charge in [0.2, 0.25) is 6.71 Å². The molecule has 0 aliphatic rings. The van der Waals surface area contributed by atoms with Crippen LogP contribution in [0.25, 0.3) is 76.2 Å². The standard InChI is InChI=1S/C64H52BNO/c1-37-31-41(5)62(42(6)32-37)65(63-43(7)33-38(2)34-44(63)8)53-35-40(4)58-49-23-12-13-24-50(49)59-56(36-39(3)46-29-30-52(53)61(58)60(46)59)66(54-26-16-14-21-47(54)45-19-10-9-11-20-45)55-27-18-25-51-48-22-15-17-28-57(48)67-64(51)55/h9-36H,1-8H3. The molecule has 0 radical (unpaired) electrons. The first-order valence-corrected chi connectivity index (χ1v) is 23.7. The molecule has 0 aliphatic heterocycles. The Hall–Kier alpha value is -7.62. The number of rotatable bonds is 7. The van der Waals surface area contributed by atoms with Gasteiger partial charge in [-0.05, 0) is 129 Å². The topological polar surface area (TPSA) is 16.4 Å². The minimum atomic E-state index is 0.0243. The summed E-state index contributed by atoms with van der Waals surface area (Å²) in [7, 11) is 0. The zero-order valence-corrected chi connectivity index (χ0v) is 39.6. The van der Waals surface area contributed by atoms with Crippen molar-refractivity contribution in [2.75, 3.05) is 4.90 Å². The van der Waals surface area contributed by atoms with Crippen molar-refractivity contribution in [2.24, 2.45) is 0 Å². The van der Waals surface area contributed by atoms with Crippen molar-refractivity contribution in [1.82, 2.24) is 0 Å². The average molecular weight is 862 g/mol. The lowest BCUT2D eigenvalue weighted by molar-refractivity contribution is 0.669. The van der Waals surface area contributed by atoms with Crippen LogP contribution in [0.5, 0.6) is 0 Å². The zero-order valence-electron chi connectivity index (χ0n) is 39.6. The third kappa shape index (κ3) is 6.25. The maximum atomic E-state index is 6.95. The molecule has 12 rings (SSSR count). The van der Waals surface area contributed by atoms with Gasteiger partial charge in [0, 0.05) is 27.1 Å². The Morgan fingerprint density at radius 2 is 0.896 bits per heavy atom. The van der Waals surface area contributed by atoms with Crippen molar-refractivity contribution in [3.05, 3.63) is 214 Å². The summed E-state index contributed by atoms with van der Waals surface area (Å²) in [6, 6.07) is 63.2. The predicted octanol–water partition coefficient (Wildman–Crippen LogP) is 15.8. The van der Waals surface area contributed by atoms with E-state index in [1.54, 1.807) is 0 Å². The van der Waals surface area contributed by atoms with E-state index in [2.05, 4.69) is 230 Å². The first-order chi connectivity index (χ1) is 32.6. The number of para-hydroxylation sites is 3. The fourth-order valence-electron chi connectivity index (χ4n) is 12.3. The average Bonchev–Trinajstić information content (AvgIpc) is 3.71. The summed E-state index contributed by atoms with van der Waals surface area (Å²) in [6.45, 7) is 18.4. The molecule has 1 aromatic heterocycles. The maximum absolute atomic E-state index is 6.95. The normalized spacial score (nSPS) is 11.9. The molecule has 0 amide bonds. The molecule has 11 aromatic carbocycles.